The number of benzene rings is 1. The minimum atomic E-state index is -0.317. The lowest BCUT2D eigenvalue weighted by atomic mass is 10.0. The predicted octanol–water partition coefficient (Wildman–Crippen LogP) is 7.04. The van der Waals surface area contributed by atoms with Gasteiger partial charge < -0.3 is 4.74 Å². The Morgan fingerprint density at radius 2 is 1.59 bits per heavy atom. The first-order valence-corrected chi connectivity index (χ1v) is 9.97. The lowest BCUT2D eigenvalue weighted by Gasteiger charge is -2.04. The Labute approximate surface area is 173 Å². The second kappa shape index (κ2) is 8.91. The van der Waals surface area contributed by atoms with Crippen molar-refractivity contribution >= 4 is 18.1 Å². The highest BCUT2D eigenvalue weighted by Crippen LogP contribution is 2.36. The summed E-state index contributed by atoms with van der Waals surface area (Å²) in [6, 6.07) is 16.4. The maximum atomic E-state index is 11.5. The number of allylic oxidation sites excluding steroid dienone is 2. The first kappa shape index (κ1) is 20.6. The number of esters is 1. The van der Waals surface area contributed by atoms with E-state index in [1.54, 1.807) is 12.1 Å². The molecule has 1 aromatic carbocycles. The third-order valence-corrected chi connectivity index (χ3v) is 5.26. The van der Waals surface area contributed by atoms with E-state index in [1.807, 2.05) is 24.3 Å². The molecule has 2 aliphatic rings. The third kappa shape index (κ3) is 4.65. The van der Waals surface area contributed by atoms with Gasteiger partial charge in [-0.05, 0) is 70.8 Å². The molecule has 29 heavy (non-hydrogen) atoms. The Hall–Kier alpha value is -3.13. The molecule has 148 valence electrons. The molecule has 0 aromatic heterocycles. The largest absolute Gasteiger partial charge is 0.465 e. The number of fused-ring (bicyclic) bond motifs is 1. The normalized spacial score (nSPS) is 11.8. The van der Waals surface area contributed by atoms with Gasteiger partial charge in [-0.25, -0.2) is 4.79 Å². The standard InChI is InChI=1S/C27H28O2/c1-18(2)23-13-10-19(3)26-24(16-20(4)25(26)17-23)9-7-6-8-21-11-14-22(15-12-21)27(28)29-5/h6-18H,1-5H3/b8-6+,9-7+. The van der Waals surface area contributed by atoms with Crippen LogP contribution in [0.5, 0.6) is 0 Å². The Morgan fingerprint density at radius 3 is 2.24 bits per heavy atom. The van der Waals surface area contributed by atoms with Gasteiger partial charge in [0.2, 0.25) is 0 Å². The van der Waals surface area contributed by atoms with Crippen LogP contribution >= 0.6 is 0 Å². The zero-order valence-electron chi connectivity index (χ0n) is 17.8. The predicted molar refractivity (Wildman–Crippen MR) is 122 cm³/mol. The van der Waals surface area contributed by atoms with Gasteiger partial charge in [-0.1, -0.05) is 74.5 Å². The zero-order chi connectivity index (χ0) is 21.0. The number of ether oxygens (including phenoxy) is 1. The van der Waals surface area contributed by atoms with Crippen molar-refractivity contribution in [1.29, 1.82) is 0 Å². The van der Waals surface area contributed by atoms with Crippen molar-refractivity contribution in [3.63, 3.8) is 0 Å². The van der Waals surface area contributed by atoms with Crippen LogP contribution in [-0.2, 0) is 4.74 Å². The van der Waals surface area contributed by atoms with Crippen LogP contribution in [0.1, 0.15) is 57.9 Å². The lowest BCUT2D eigenvalue weighted by Crippen LogP contribution is -2.00. The summed E-state index contributed by atoms with van der Waals surface area (Å²) >= 11 is 0. The molecule has 0 amide bonds. The maximum absolute atomic E-state index is 11.5. The monoisotopic (exact) mass is 384 g/mol. The van der Waals surface area contributed by atoms with Crippen LogP contribution in [0.4, 0.5) is 0 Å². The summed E-state index contributed by atoms with van der Waals surface area (Å²) in [6.07, 6.45) is 8.29. The van der Waals surface area contributed by atoms with E-state index in [2.05, 4.69) is 64.1 Å². The summed E-state index contributed by atoms with van der Waals surface area (Å²) in [5.41, 5.74) is 9.46. The molecule has 0 aliphatic heterocycles. The van der Waals surface area contributed by atoms with E-state index in [0.717, 1.165) is 5.56 Å². The van der Waals surface area contributed by atoms with E-state index in [0.29, 0.717) is 11.5 Å². The summed E-state index contributed by atoms with van der Waals surface area (Å²) in [5, 5.41) is 0. The van der Waals surface area contributed by atoms with Crippen molar-refractivity contribution in [2.45, 2.75) is 33.6 Å². The number of hydrogen-bond donors (Lipinski definition) is 0. The number of methoxy groups -OCH3 is 1. The van der Waals surface area contributed by atoms with E-state index >= 15 is 0 Å². The van der Waals surface area contributed by atoms with Crippen molar-refractivity contribution in [2.75, 3.05) is 7.11 Å². The van der Waals surface area contributed by atoms with Crippen LogP contribution in [0, 0.1) is 13.8 Å². The molecule has 2 aliphatic carbocycles. The summed E-state index contributed by atoms with van der Waals surface area (Å²) in [4.78, 5) is 11.5. The molecule has 0 bridgehead atoms. The van der Waals surface area contributed by atoms with E-state index < -0.39 is 0 Å². The summed E-state index contributed by atoms with van der Waals surface area (Å²) < 4.78 is 4.73. The number of carbonyl (C=O) groups excluding carboxylic acids is 1. The van der Waals surface area contributed by atoms with Crippen LogP contribution in [0.25, 0.3) is 23.3 Å². The SMILES string of the molecule is COC(=O)c1ccc(/C=C/C=C/c2cc(C)c3cc(C(C)C)ccc(C)c2-3)cc1. The van der Waals surface area contributed by atoms with E-state index in [9.17, 15) is 4.79 Å². The molecule has 0 radical (unpaired) electrons. The first-order chi connectivity index (χ1) is 13.9. The number of carbonyl (C=O) groups is 1. The average Bonchev–Trinajstić information content (AvgIpc) is 2.90. The minimum Gasteiger partial charge on any atom is -0.465 e. The van der Waals surface area contributed by atoms with Crippen molar-refractivity contribution in [3.05, 3.63) is 94.1 Å². The Kier molecular flexibility index (Phi) is 6.33. The first-order valence-electron chi connectivity index (χ1n) is 9.97. The van der Waals surface area contributed by atoms with Gasteiger partial charge in [-0.3, -0.25) is 0 Å². The molecule has 0 heterocycles. The molecule has 0 unspecified atom stereocenters. The van der Waals surface area contributed by atoms with E-state index in [4.69, 9.17) is 4.74 Å². The van der Waals surface area contributed by atoms with Gasteiger partial charge in [0.1, 0.15) is 0 Å². The quantitative estimate of drug-likeness (QED) is 0.348. The van der Waals surface area contributed by atoms with Crippen molar-refractivity contribution in [1.82, 2.24) is 0 Å². The summed E-state index contributed by atoms with van der Waals surface area (Å²) in [7, 11) is 1.39. The summed E-state index contributed by atoms with van der Waals surface area (Å²) in [6.45, 7) is 8.83. The van der Waals surface area contributed by atoms with Gasteiger partial charge in [0.15, 0.2) is 0 Å². The fraction of sp³-hybridized carbons (Fsp3) is 0.222. The summed E-state index contributed by atoms with van der Waals surface area (Å²) in [5.74, 6) is 0.190. The molecule has 1 aromatic rings. The molecule has 3 rings (SSSR count). The number of hydrogen-bond acceptors (Lipinski definition) is 2. The van der Waals surface area contributed by atoms with Gasteiger partial charge >= 0.3 is 5.97 Å². The van der Waals surface area contributed by atoms with Crippen LogP contribution in [0.3, 0.4) is 0 Å². The molecule has 0 spiro atoms. The third-order valence-electron chi connectivity index (χ3n) is 5.26. The molecule has 0 atom stereocenters. The molecule has 0 saturated heterocycles. The Balaban J connectivity index is 1.83. The molecule has 0 fully saturated rings. The molecular weight excluding hydrogens is 356 g/mol. The van der Waals surface area contributed by atoms with Crippen LogP contribution in [0.15, 0.2) is 60.7 Å². The molecule has 2 heteroatoms. The molecule has 2 nitrogen and oxygen atoms in total. The molecule has 0 saturated carbocycles. The van der Waals surface area contributed by atoms with E-state index in [-0.39, 0.29) is 5.97 Å². The second-order valence-corrected chi connectivity index (χ2v) is 7.72. The maximum Gasteiger partial charge on any atom is 0.337 e. The van der Waals surface area contributed by atoms with Gasteiger partial charge in [0.25, 0.3) is 0 Å². The highest BCUT2D eigenvalue weighted by Gasteiger charge is 2.14. The fourth-order valence-corrected chi connectivity index (χ4v) is 3.55. The molecular formula is C27H28O2. The van der Waals surface area contributed by atoms with Crippen LogP contribution < -0.4 is 0 Å². The fourth-order valence-electron chi connectivity index (χ4n) is 3.55. The van der Waals surface area contributed by atoms with Gasteiger partial charge in [-0.2, -0.15) is 0 Å². The van der Waals surface area contributed by atoms with Crippen molar-refractivity contribution in [3.8, 4) is 11.1 Å². The highest BCUT2D eigenvalue weighted by molar-refractivity contribution is 5.89. The topological polar surface area (TPSA) is 26.3 Å². The van der Waals surface area contributed by atoms with Crippen molar-refractivity contribution < 1.29 is 9.53 Å². The van der Waals surface area contributed by atoms with Gasteiger partial charge in [-0.15, -0.1) is 0 Å². The smallest absolute Gasteiger partial charge is 0.337 e. The zero-order valence-corrected chi connectivity index (χ0v) is 17.8. The van der Waals surface area contributed by atoms with Crippen LogP contribution in [-0.4, -0.2) is 13.1 Å². The van der Waals surface area contributed by atoms with E-state index in [1.165, 1.54) is 40.5 Å². The Morgan fingerprint density at radius 1 is 0.897 bits per heavy atom. The Bertz CT molecular complexity index is 1040. The number of aryl methyl sites for hydroxylation is 2. The van der Waals surface area contributed by atoms with Gasteiger partial charge in [0.05, 0.1) is 12.7 Å². The van der Waals surface area contributed by atoms with Crippen LogP contribution in [0.2, 0.25) is 0 Å². The number of rotatable bonds is 5. The van der Waals surface area contributed by atoms with Crippen molar-refractivity contribution in [2.24, 2.45) is 0 Å². The highest BCUT2D eigenvalue weighted by atomic mass is 16.5. The lowest BCUT2D eigenvalue weighted by molar-refractivity contribution is 0.0600. The minimum absolute atomic E-state index is 0.317. The second-order valence-electron chi connectivity index (χ2n) is 7.72. The molecule has 0 N–H and O–H groups in total. The average molecular weight is 385 g/mol. The van der Waals surface area contributed by atoms with Gasteiger partial charge in [0, 0.05) is 0 Å².